The van der Waals surface area contributed by atoms with Gasteiger partial charge in [-0.2, -0.15) is 0 Å². The third-order valence-electron chi connectivity index (χ3n) is 4.85. The molecule has 0 heteroatoms. The van der Waals surface area contributed by atoms with E-state index in [1.807, 2.05) is 36.4 Å². The van der Waals surface area contributed by atoms with Crippen molar-refractivity contribution in [1.82, 2.24) is 0 Å². The van der Waals surface area contributed by atoms with Crippen LogP contribution in [0.15, 0.2) is 138 Å². The highest BCUT2D eigenvalue weighted by atomic mass is 14.1. The van der Waals surface area contributed by atoms with Crippen molar-refractivity contribution < 1.29 is 0 Å². The highest BCUT2D eigenvalue weighted by molar-refractivity contribution is 5.71. The van der Waals surface area contributed by atoms with E-state index in [4.69, 9.17) is 0 Å². The molecule has 0 amide bonds. The molecule has 4 rings (SSSR count). The highest BCUT2D eigenvalue weighted by Gasteiger charge is 2.12. The lowest BCUT2D eigenvalue weighted by molar-refractivity contribution is 1.12. The third kappa shape index (κ3) is 4.66. The second-order valence-electron chi connectivity index (χ2n) is 6.78. The standard InChI is InChI=1S/C29H20/c1-4-14-24(15-5-1)28(26-18-10-11-19-26)22-8-3-9-23-29(27-20-12-13-21-27)25-16-6-2-7-17-25/h1-2,4-7,10-21,26-27H. The molecule has 136 valence electrons. The quantitative estimate of drug-likeness (QED) is 0.517. The Balaban J connectivity index is 1.83. The Morgan fingerprint density at radius 3 is 1.24 bits per heavy atom. The predicted octanol–water partition coefficient (Wildman–Crippen LogP) is 6.86. The largest absolute Gasteiger partial charge is 0.0726 e. The molecule has 0 saturated heterocycles. The molecule has 2 aliphatic rings. The fourth-order valence-corrected chi connectivity index (χ4v) is 3.41. The monoisotopic (exact) mass is 368 g/mol. The molecule has 0 fully saturated rings. The number of hydrogen-bond donors (Lipinski definition) is 0. The minimum absolute atomic E-state index is 0.208. The van der Waals surface area contributed by atoms with Crippen molar-refractivity contribution in [2.24, 2.45) is 11.8 Å². The first-order valence-electron chi connectivity index (χ1n) is 9.73. The van der Waals surface area contributed by atoms with Crippen molar-refractivity contribution in [3.05, 3.63) is 149 Å². The summed E-state index contributed by atoms with van der Waals surface area (Å²) in [5.41, 5.74) is 20.0. The molecule has 0 atom stereocenters. The SMILES string of the molecule is C(=C=C=C(c1ccccc1)C1C=CC=C1)=C=C=C(c1ccccc1)C1C=CC=C1. The lowest BCUT2D eigenvalue weighted by Gasteiger charge is -2.08. The molecule has 0 saturated carbocycles. The average molecular weight is 368 g/mol. The molecule has 2 aromatic rings. The van der Waals surface area contributed by atoms with Gasteiger partial charge in [-0.25, -0.2) is 0 Å². The van der Waals surface area contributed by atoms with Gasteiger partial charge in [-0.15, -0.1) is 0 Å². The summed E-state index contributed by atoms with van der Waals surface area (Å²) in [4.78, 5) is 0. The summed E-state index contributed by atoms with van der Waals surface area (Å²) in [5, 5.41) is 0. The van der Waals surface area contributed by atoms with Crippen LogP contribution >= 0.6 is 0 Å². The Labute approximate surface area is 172 Å². The van der Waals surface area contributed by atoms with E-state index in [0.717, 1.165) is 22.3 Å². The minimum Gasteiger partial charge on any atom is -0.0726 e. The van der Waals surface area contributed by atoms with Crippen LogP contribution in [-0.4, -0.2) is 0 Å². The Hall–Kier alpha value is -3.96. The normalized spacial score (nSPS) is 14.1. The maximum absolute atomic E-state index is 3.27. The Morgan fingerprint density at radius 1 is 0.483 bits per heavy atom. The molecule has 0 aromatic heterocycles. The summed E-state index contributed by atoms with van der Waals surface area (Å²) in [6.45, 7) is 0. The number of hydrogen-bond acceptors (Lipinski definition) is 0. The van der Waals surface area contributed by atoms with Crippen LogP contribution in [0.5, 0.6) is 0 Å². The van der Waals surface area contributed by atoms with Crippen LogP contribution in [-0.2, 0) is 0 Å². The van der Waals surface area contributed by atoms with Crippen LogP contribution in [0, 0.1) is 11.8 Å². The van der Waals surface area contributed by atoms with Gasteiger partial charge >= 0.3 is 0 Å². The van der Waals surface area contributed by atoms with E-state index >= 15 is 0 Å². The zero-order chi connectivity index (χ0) is 19.7. The van der Waals surface area contributed by atoms with E-state index in [-0.39, 0.29) is 11.8 Å². The van der Waals surface area contributed by atoms with Crippen molar-refractivity contribution in [3.8, 4) is 0 Å². The Morgan fingerprint density at radius 2 is 0.862 bits per heavy atom. The maximum atomic E-state index is 3.27. The van der Waals surface area contributed by atoms with Crippen molar-refractivity contribution >= 4 is 11.1 Å². The van der Waals surface area contributed by atoms with Gasteiger partial charge in [-0.05, 0) is 28.3 Å². The summed E-state index contributed by atoms with van der Waals surface area (Å²) in [6, 6.07) is 20.6. The van der Waals surface area contributed by atoms with Gasteiger partial charge in [0.15, 0.2) is 0 Å². The first kappa shape index (κ1) is 18.4. The van der Waals surface area contributed by atoms with E-state index in [9.17, 15) is 0 Å². The molecule has 2 aliphatic carbocycles. The molecule has 2 aromatic carbocycles. The molecule has 0 N–H and O–H groups in total. The summed E-state index contributed by atoms with van der Waals surface area (Å²) in [7, 11) is 0. The third-order valence-corrected chi connectivity index (χ3v) is 4.85. The number of allylic oxidation sites excluding steroid dienone is 10. The predicted molar refractivity (Wildman–Crippen MR) is 121 cm³/mol. The van der Waals surface area contributed by atoms with E-state index < -0.39 is 0 Å². The van der Waals surface area contributed by atoms with E-state index in [1.54, 1.807) is 0 Å². The molecule has 0 radical (unpaired) electrons. The first-order chi connectivity index (χ1) is 14.4. The van der Waals surface area contributed by atoms with Crippen LogP contribution in [0.4, 0.5) is 0 Å². The topological polar surface area (TPSA) is 0 Å². The van der Waals surface area contributed by atoms with Gasteiger partial charge in [0.1, 0.15) is 0 Å². The van der Waals surface area contributed by atoms with Crippen molar-refractivity contribution in [1.29, 1.82) is 0 Å². The molecule has 29 heavy (non-hydrogen) atoms. The Bertz CT molecular complexity index is 1080. The maximum Gasteiger partial charge on any atom is 0.0291 e. The summed E-state index contributed by atoms with van der Waals surface area (Å²) in [6.07, 6.45) is 16.9. The minimum atomic E-state index is 0.208. The van der Waals surface area contributed by atoms with Gasteiger partial charge in [0.2, 0.25) is 0 Å². The van der Waals surface area contributed by atoms with E-state index in [0.29, 0.717) is 0 Å². The molecule has 0 nitrogen and oxygen atoms in total. The molecule has 0 spiro atoms. The van der Waals surface area contributed by atoms with Crippen LogP contribution in [0.2, 0.25) is 0 Å². The fourth-order valence-electron chi connectivity index (χ4n) is 3.41. The van der Waals surface area contributed by atoms with Crippen LogP contribution < -0.4 is 0 Å². The van der Waals surface area contributed by atoms with Crippen molar-refractivity contribution in [2.45, 2.75) is 0 Å². The molecule has 0 bridgehead atoms. The van der Waals surface area contributed by atoms with Gasteiger partial charge < -0.3 is 0 Å². The van der Waals surface area contributed by atoms with Gasteiger partial charge in [0.05, 0.1) is 0 Å². The lowest BCUT2D eigenvalue weighted by atomic mass is 9.94. The Kier molecular flexibility index (Phi) is 5.90. The second-order valence-corrected chi connectivity index (χ2v) is 6.78. The lowest BCUT2D eigenvalue weighted by Crippen LogP contribution is -1.93. The second kappa shape index (κ2) is 9.30. The van der Waals surface area contributed by atoms with Crippen LogP contribution in [0.3, 0.4) is 0 Å². The van der Waals surface area contributed by atoms with Crippen molar-refractivity contribution in [2.75, 3.05) is 0 Å². The van der Waals surface area contributed by atoms with Gasteiger partial charge in [0.25, 0.3) is 0 Å². The number of benzene rings is 2. The van der Waals surface area contributed by atoms with Crippen LogP contribution in [0.25, 0.3) is 11.1 Å². The zero-order valence-electron chi connectivity index (χ0n) is 16.0. The smallest absolute Gasteiger partial charge is 0.0291 e. The zero-order valence-corrected chi connectivity index (χ0v) is 16.0. The van der Waals surface area contributed by atoms with E-state index in [2.05, 4.69) is 102 Å². The van der Waals surface area contributed by atoms with E-state index in [1.165, 1.54) is 0 Å². The molecule has 0 unspecified atom stereocenters. The summed E-state index contributed by atoms with van der Waals surface area (Å²) < 4.78 is 0. The molecular weight excluding hydrogens is 348 g/mol. The summed E-state index contributed by atoms with van der Waals surface area (Å²) >= 11 is 0. The number of rotatable bonds is 4. The van der Waals surface area contributed by atoms with Gasteiger partial charge in [0, 0.05) is 23.0 Å². The molecule has 0 aliphatic heterocycles. The highest BCUT2D eigenvalue weighted by Crippen LogP contribution is 2.28. The molecule has 0 heterocycles. The first-order valence-corrected chi connectivity index (χ1v) is 9.73. The summed E-state index contributed by atoms with van der Waals surface area (Å²) in [5.74, 6) is 0.416. The van der Waals surface area contributed by atoms with Crippen molar-refractivity contribution in [3.63, 3.8) is 0 Å². The fraction of sp³-hybridized carbons (Fsp3) is 0.0690. The molecular formula is C29H20. The van der Waals surface area contributed by atoms with Gasteiger partial charge in [-0.1, -0.05) is 121 Å². The van der Waals surface area contributed by atoms with Gasteiger partial charge in [-0.3, -0.25) is 0 Å². The van der Waals surface area contributed by atoms with Crippen LogP contribution in [0.1, 0.15) is 11.1 Å². The average Bonchev–Trinajstić information content (AvgIpc) is 3.49.